The molecule has 3 heterocycles. The molecule has 20 heavy (non-hydrogen) atoms. The lowest BCUT2D eigenvalue weighted by molar-refractivity contribution is 0.175. The van der Waals surface area contributed by atoms with E-state index in [-0.39, 0.29) is 0 Å². The van der Waals surface area contributed by atoms with Crippen LogP contribution in [0.5, 0.6) is 0 Å². The van der Waals surface area contributed by atoms with Crippen LogP contribution in [0.1, 0.15) is 31.4 Å². The molecule has 0 saturated carbocycles. The van der Waals surface area contributed by atoms with Crippen molar-refractivity contribution in [2.45, 2.75) is 37.6 Å². The SMILES string of the molecule is ClCc1nc(N2CCC(N3CCCCC3)C2)ccc1Cl. The lowest BCUT2D eigenvalue weighted by Crippen LogP contribution is -2.41. The summed E-state index contributed by atoms with van der Waals surface area (Å²) in [6.07, 6.45) is 5.34. The van der Waals surface area contributed by atoms with Gasteiger partial charge in [0, 0.05) is 19.1 Å². The molecule has 0 N–H and O–H groups in total. The van der Waals surface area contributed by atoms with Gasteiger partial charge in [0.25, 0.3) is 0 Å². The number of likely N-dealkylation sites (tertiary alicyclic amines) is 1. The zero-order valence-electron chi connectivity index (χ0n) is 11.7. The summed E-state index contributed by atoms with van der Waals surface area (Å²) >= 11 is 12.0. The molecule has 2 aliphatic rings. The van der Waals surface area contributed by atoms with Crippen LogP contribution in [0.15, 0.2) is 12.1 Å². The maximum Gasteiger partial charge on any atom is 0.129 e. The molecule has 1 aromatic heterocycles. The lowest BCUT2D eigenvalue weighted by atomic mass is 10.1. The summed E-state index contributed by atoms with van der Waals surface area (Å²) in [6.45, 7) is 4.69. The van der Waals surface area contributed by atoms with E-state index in [1.54, 1.807) is 0 Å². The van der Waals surface area contributed by atoms with Gasteiger partial charge in [-0.15, -0.1) is 11.6 Å². The van der Waals surface area contributed by atoms with Gasteiger partial charge in [0.2, 0.25) is 0 Å². The monoisotopic (exact) mass is 313 g/mol. The van der Waals surface area contributed by atoms with Crippen molar-refractivity contribution in [1.29, 1.82) is 0 Å². The zero-order valence-corrected chi connectivity index (χ0v) is 13.2. The normalized spacial score (nSPS) is 24.3. The van der Waals surface area contributed by atoms with Crippen molar-refractivity contribution < 1.29 is 0 Å². The van der Waals surface area contributed by atoms with Gasteiger partial charge in [-0.25, -0.2) is 4.98 Å². The van der Waals surface area contributed by atoms with Crippen molar-refractivity contribution in [2.24, 2.45) is 0 Å². The fourth-order valence-corrected chi connectivity index (χ4v) is 3.72. The van der Waals surface area contributed by atoms with E-state index < -0.39 is 0 Å². The predicted molar refractivity (Wildman–Crippen MR) is 84.8 cm³/mol. The Morgan fingerprint density at radius 2 is 1.95 bits per heavy atom. The van der Waals surface area contributed by atoms with Crippen LogP contribution in [0.25, 0.3) is 0 Å². The number of alkyl halides is 1. The molecule has 0 amide bonds. The standard InChI is InChI=1S/C15H21Cl2N3/c16-10-14-13(17)4-5-15(18-14)20-9-6-12(11-20)19-7-2-1-3-8-19/h4-5,12H,1-3,6-11H2. The first-order valence-electron chi connectivity index (χ1n) is 7.48. The molecule has 3 rings (SSSR count). The third-order valence-corrected chi connectivity index (χ3v) is 5.02. The number of piperidine rings is 1. The highest BCUT2D eigenvalue weighted by atomic mass is 35.5. The molecule has 5 heteroatoms. The Labute approximate surface area is 130 Å². The Hall–Kier alpha value is -0.510. The van der Waals surface area contributed by atoms with Crippen molar-refractivity contribution in [2.75, 3.05) is 31.1 Å². The number of hydrogen-bond donors (Lipinski definition) is 0. The summed E-state index contributed by atoms with van der Waals surface area (Å²) in [4.78, 5) is 9.62. The predicted octanol–water partition coefficient (Wildman–Crippen LogP) is 3.54. The number of anilines is 1. The van der Waals surface area contributed by atoms with Crippen LogP contribution >= 0.6 is 23.2 Å². The third kappa shape index (κ3) is 3.05. The number of halogens is 2. The number of hydrogen-bond acceptors (Lipinski definition) is 3. The number of aromatic nitrogens is 1. The summed E-state index contributed by atoms with van der Waals surface area (Å²) in [5.41, 5.74) is 0.784. The topological polar surface area (TPSA) is 19.4 Å². The van der Waals surface area contributed by atoms with Gasteiger partial charge in [-0.05, 0) is 44.5 Å². The van der Waals surface area contributed by atoms with Gasteiger partial charge in [0.15, 0.2) is 0 Å². The summed E-state index contributed by atoms with van der Waals surface area (Å²) < 4.78 is 0. The van der Waals surface area contributed by atoms with E-state index in [0.717, 1.165) is 24.6 Å². The van der Waals surface area contributed by atoms with Crippen molar-refractivity contribution in [1.82, 2.24) is 9.88 Å². The molecule has 1 aromatic rings. The molecule has 0 spiro atoms. The molecule has 0 radical (unpaired) electrons. The van der Waals surface area contributed by atoms with Crippen LogP contribution in [0.2, 0.25) is 5.02 Å². The molecule has 2 fully saturated rings. The summed E-state index contributed by atoms with van der Waals surface area (Å²) in [7, 11) is 0. The number of rotatable bonds is 3. The molecule has 1 unspecified atom stereocenters. The molecule has 110 valence electrons. The number of nitrogens with zero attached hydrogens (tertiary/aromatic N) is 3. The van der Waals surface area contributed by atoms with Crippen molar-refractivity contribution in [3.63, 3.8) is 0 Å². The van der Waals surface area contributed by atoms with Crippen LogP contribution in [-0.4, -0.2) is 42.1 Å². The van der Waals surface area contributed by atoms with Gasteiger partial charge < -0.3 is 4.90 Å². The molecule has 0 bridgehead atoms. The average Bonchev–Trinajstić information content (AvgIpc) is 2.98. The highest BCUT2D eigenvalue weighted by Crippen LogP contribution is 2.26. The van der Waals surface area contributed by atoms with Crippen molar-refractivity contribution >= 4 is 29.0 Å². The van der Waals surface area contributed by atoms with Gasteiger partial charge in [0.05, 0.1) is 16.6 Å². The minimum atomic E-state index is 0.371. The van der Waals surface area contributed by atoms with E-state index in [4.69, 9.17) is 23.2 Å². The summed E-state index contributed by atoms with van der Waals surface area (Å²) in [5, 5.41) is 0.663. The van der Waals surface area contributed by atoms with E-state index in [0.29, 0.717) is 16.9 Å². The Morgan fingerprint density at radius 1 is 1.15 bits per heavy atom. The maximum absolute atomic E-state index is 6.08. The van der Waals surface area contributed by atoms with Gasteiger partial charge in [-0.3, -0.25) is 4.90 Å². The maximum atomic E-state index is 6.08. The smallest absolute Gasteiger partial charge is 0.129 e. The summed E-state index contributed by atoms with van der Waals surface area (Å²) in [5.74, 6) is 1.39. The largest absolute Gasteiger partial charge is 0.355 e. The fraction of sp³-hybridized carbons (Fsp3) is 0.667. The first kappa shape index (κ1) is 14.4. The quantitative estimate of drug-likeness (QED) is 0.796. The number of pyridine rings is 1. The van der Waals surface area contributed by atoms with Gasteiger partial charge in [-0.1, -0.05) is 18.0 Å². The molecule has 0 aliphatic carbocycles. The minimum Gasteiger partial charge on any atom is -0.355 e. The lowest BCUT2D eigenvalue weighted by Gasteiger charge is -2.32. The second kappa shape index (κ2) is 6.50. The molecule has 3 nitrogen and oxygen atoms in total. The van der Waals surface area contributed by atoms with E-state index in [9.17, 15) is 0 Å². The van der Waals surface area contributed by atoms with E-state index >= 15 is 0 Å². The van der Waals surface area contributed by atoms with E-state index in [2.05, 4.69) is 14.8 Å². The molecule has 2 aliphatic heterocycles. The first-order valence-corrected chi connectivity index (χ1v) is 8.39. The molecule has 2 saturated heterocycles. The van der Waals surface area contributed by atoms with Crippen LogP contribution in [0, 0.1) is 0 Å². The highest BCUT2D eigenvalue weighted by Gasteiger charge is 2.29. The van der Waals surface area contributed by atoms with Crippen LogP contribution < -0.4 is 4.90 Å². The summed E-state index contributed by atoms with van der Waals surface area (Å²) in [6, 6.07) is 4.61. The Bertz CT molecular complexity index is 460. The zero-order chi connectivity index (χ0) is 13.9. The van der Waals surface area contributed by atoms with Crippen LogP contribution in [0.4, 0.5) is 5.82 Å². The Morgan fingerprint density at radius 3 is 2.70 bits per heavy atom. The van der Waals surface area contributed by atoms with Gasteiger partial charge in [0.1, 0.15) is 5.82 Å². The fourth-order valence-electron chi connectivity index (χ4n) is 3.27. The van der Waals surface area contributed by atoms with Gasteiger partial charge >= 0.3 is 0 Å². The molecule has 0 aromatic carbocycles. The second-order valence-corrected chi connectivity index (χ2v) is 6.39. The molecule has 1 atom stereocenters. The average molecular weight is 314 g/mol. The minimum absolute atomic E-state index is 0.371. The highest BCUT2D eigenvalue weighted by molar-refractivity contribution is 6.32. The molecular formula is C15H21Cl2N3. The first-order chi connectivity index (χ1) is 9.78. The Balaban J connectivity index is 1.67. The van der Waals surface area contributed by atoms with Crippen molar-refractivity contribution in [3.8, 4) is 0 Å². The van der Waals surface area contributed by atoms with Crippen LogP contribution in [0.3, 0.4) is 0 Å². The van der Waals surface area contributed by atoms with E-state index in [1.165, 1.54) is 38.8 Å². The van der Waals surface area contributed by atoms with Crippen LogP contribution in [-0.2, 0) is 5.88 Å². The molecular weight excluding hydrogens is 293 g/mol. The van der Waals surface area contributed by atoms with Gasteiger partial charge in [-0.2, -0.15) is 0 Å². The second-order valence-electron chi connectivity index (χ2n) is 5.72. The van der Waals surface area contributed by atoms with E-state index in [1.807, 2.05) is 12.1 Å². The Kier molecular flexibility index (Phi) is 4.69. The van der Waals surface area contributed by atoms with Crippen molar-refractivity contribution in [3.05, 3.63) is 22.8 Å². The third-order valence-electron chi connectivity index (χ3n) is 4.42.